The van der Waals surface area contributed by atoms with E-state index >= 15 is 0 Å². The fourth-order valence-corrected chi connectivity index (χ4v) is 5.47. The second kappa shape index (κ2) is 23.9. The molecule has 11 nitrogen and oxygen atoms in total. The Morgan fingerprint density at radius 1 is 0.571 bits per heavy atom. The van der Waals surface area contributed by atoms with Crippen molar-refractivity contribution in [1.29, 1.82) is 0 Å². The molecule has 0 fully saturated rings. The lowest BCUT2D eigenvalue weighted by molar-refractivity contribution is 0.377. The van der Waals surface area contributed by atoms with E-state index in [0.717, 1.165) is 79.4 Å². The Morgan fingerprint density at radius 3 is 1.27 bits per heavy atom. The molecular weight excluding hydrogens is 846 g/mol. The van der Waals surface area contributed by atoms with Gasteiger partial charge in [-0.3, -0.25) is 19.3 Å². The van der Waals surface area contributed by atoms with Crippen LogP contribution in [0.5, 0.6) is 0 Å². The summed E-state index contributed by atoms with van der Waals surface area (Å²) in [5, 5.41) is 11.8. The van der Waals surface area contributed by atoms with Gasteiger partial charge in [-0.05, 0) is 64.6 Å². The van der Waals surface area contributed by atoms with Crippen LogP contribution in [0.3, 0.4) is 0 Å². The van der Waals surface area contributed by atoms with E-state index in [4.69, 9.17) is 10.2 Å². The Hall–Kier alpha value is -2.40. The fourth-order valence-electron chi connectivity index (χ4n) is 4.67. The van der Waals surface area contributed by atoms with Crippen molar-refractivity contribution < 1.29 is 16.4 Å². The highest BCUT2D eigenvalue weighted by Gasteiger charge is 2.14. The van der Waals surface area contributed by atoms with Crippen LogP contribution in [0, 0.1) is 0 Å². The Balaban J connectivity index is -0.000000756. The average molecular weight is 890 g/mol. The van der Waals surface area contributed by atoms with Crippen LogP contribution in [0.15, 0.2) is 94.4 Å². The van der Waals surface area contributed by atoms with Crippen molar-refractivity contribution in [3.8, 4) is 22.5 Å². The minimum Gasteiger partial charge on any atom is -0.412 e. The maximum Gasteiger partial charge on any atom is 0.102 e. The molecular formula is C32H44Br2Cl4N8O3. The number of hydrogen-bond donors (Lipinski definition) is 0. The van der Waals surface area contributed by atoms with E-state index in [1.807, 2.05) is 61.2 Å². The molecule has 17 heteroatoms. The van der Waals surface area contributed by atoms with Crippen LogP contribution in [0.1, 0.15) is 0 Å². The Labute approximate surface area is 328 Å². The molecule has 272 valence electrons. The normalized spacial score (nSPS) is 9.80. The SMILES string of the molecule is CN(C)CCn1nc(-c2cccc(Br)c2)c2cnccc21.CN(C)CCn1nc(-c2cccc(Br)c2)c2cnccc21.Cl.Cl.Cl.Cl.O.O.O. The zero-order valence-electron chi connectivity index (χ0n) is 27.4. The average Bonchev–Trinajstić information content (AvgIpc) is 3.54. The molecule has 0 saturated carbocycles. The Bertz CT molecular complexity index is 1700. The van der Waals surface area contributed by atoms with Crippen LogP contribution in [0.25, 0.3) is 44.3 Å². The summed E-state index contributed by atoms with van der Waals surface area (Å²) in [6.07, 6.45) is 7.43. The van der Waals surface area contributed by atoms with Gasteiger partial charge in [0.15, 0.2) is 0 Å². The molecule has 0 unspecified atom stereocenters. The van der Waals surface area contributed by atoms with Crippen molar-refractivity contribution in [1.82, 2.24) is 39.3 Å². The van der Waals surface area contributed by atoms with Gasteiger partial charge in [-0.1, -0.05) is 56.1 Å². The van der Waals surface area contributed by atoms with Gasteiger partial charge in [0.05, 0.1) is 24.1 Å². The molecule has 4 heterocycles. The summed E-state index contributed by atoms with van der Waals surface area (Å²) in [6, 6.07) is 20.5. The Kier molecular flexibility index (Phi) is 24.9. The zero-order chi connectivity index (χ0) is 29.6. The largest absolute Gasteiger partial charge is 0.412 e. The van der Waals surface area contributed by atoms with Gasteiger partial charge in [0, 0.05) is 68.7 Å². The van der Waals surface area contributed by atoms with E-state index in [1.54, 1.807) is 0 Å². The highest BCUT2D eigenvalue weighted by Crippen LogP contribution is 2.30. The molecule has 6 rings (SSSR count). The third kappa shape index (κ3) is 13.0. The summed E-state index contributed by atoms with van der Waals surface area (Å²) in [6.45, 7) is 3.64. The second-order valence-electron chi connectivity index (χ2n) is 10.6. The third-order valence-electron chi connectivity index (χ3n) is 6.82. The predicted octanol–water partition coefficient (Wildman–Crippen LogP) is 6.06. The first-order chi connectivity index (χ1) is 20.3. The van der Waals surface area contributed by atoms with Gasteiger partial charge in [-0.2, -0.15) is 10.2 Å². The molecule has 0 amide bonds. The van der Waals surface area contributed by atoms with Gasteiger partial charge in [-0.25, -0.2) is 0 Å². The lowest BCUT2D eigenvalue weighted by Gasteiger charge is -2.09. The maximum atomic E-state index is 4.80. The molecule has 0 atom stereocenters. The lowest BCUT2D eigenvalue weighted by atomic mass is 10.1. The molecule has 0 radical (unpaired) electrons. The first-order valence-electron chi connectivity index (χ1n) is 13.7. The van der Waals surface area contributed by atoms with Crippen molar-refractivity contribution >= 4 is 103 Å². The van der Waals surface area contributed by atoms with E-state index in [9.17, 15) is 0 Å². The second-order valence-corrected chi connectivity index (χ2v) is 12.4. The monoisotopic (exact) mass is 886 g/mol. The van der Waals surface area contributed by atoms with Crippen molar-refractivity contribution in [2.24, 2.45) is 0 Å². The predicted molar refractivity (Wildman–Crippen MR) is 218 cm³/mol. The van der Waals surface area contributed by atoms with Crippen molar-refractivity contribution in [2.45, 2.75) is 13.1 Å². The number of fused-ring (bicyclic) bond motifs is 2. The summed E-state index contributed by atoms with van der Waals surface area (Å²) >= 11 is 7.05. The molecule has 2 aromatic carbocycles. The molecule has 0 spiro atoms. The molecule has 0 aliphatic heterocycles. The zero-order valence-corrected chi connectivity index (χ0v) is 33.8. The summed E-state index contributed by atoms with van der Waals surface area (Å²) < 4.78 is 6.24. The summed E-state index contributed by atoms with van der Waals surface area (Å²) in [7, 11) is 8.29. The number of benzene rings is 2. The number of pyridine rings is 2. The van der Waals surface area contributed by atoms with Crippen LogP contribution in [-0.2, 0) is 13.1 Å². The summed E-state index contributed by atoms with van der Waals surface area (Å²) in [4.78, 5) is 12.8. The minimum absolute atomic E-state index is 0. The molecule has 0 saturated heterocycles. The number of rotatable bonds is 8. The van der Waals surface area contributed by atoms with E-state index < -0.39 is 0 Å². The van der Waals surface area contributed by atoms with Gasteiger partial charge < -0.3 is 26.2 Å². The standard InChI is InChI=1S/2C16H17BrN4.4ClH.3H2O/c2*1-20(2)8-9-21-15-6-7-18-11-14(15)16(19-21)12-4-3-5-13(17)10-12;;;;;;;/h2*3-7,10-11H,8-9H2,1-2H3;4*1H;3*1H2. The fraction of sp³-hybridized carbons (Fsp3) is 0.250. The van der Waals surface area contributed by atoms with Gasteiger partial charge in [-0.15, -0.1) is 49.6 Å². The van der Waals surface area contributed by atoms with Crippen molar-refractivity contribution in [2.75, 3.05) is 41.3 Å². The number of likely N-dealkylation sites (N-methyl/N-ethyl adjacent to an activating group) is 2. The molecule has 0 aliphatic carbocycles. The van der Waals surface area contributed by atoms with Crippen LogP contribution in [0.4, 0.5) is 0 Å². The molecule has 0 aliphatic rings. The molecule has 6 N–H and O–H groups in total. The first-order valence-corrected chi connectivity index (χ1v) is 15.3. The number of aromatic nitrogens is 6. The number of halogens is 6. The van der Waals surface area contributed by atoms with Crippen LogP contribution < -0.4 is 0 Å². The van der Waals surface area contributed by atoms with Crippen LogP contribution >= 0.6 is 81.5 Å². The van der Waals surface area contributed by atoms with Gasteiger partial charge >= 0.3 is 0 Å². The van der Waals surface area contributed by atoms with E-state index in [2.05, 4.69) is 113 Å². The molecule has 4 aromatic heterocycles. The molecule has 0 bridgehead atoms. The summed E-state index contributed by atoms with van der Waals surface area (Å²) in [5.74, 6) is 0. The maximum absolute atomic E-state index is 4.80. The van der Waals surface area contributed by atoms with Crippen LogP contribution in [0.2, 0.25) is 0 Å². The van der Waals surface area contributed by atoms with E-state index in [1.165, 1.54) is 0 Å². The Morgan fingerprint density at radius 2 is 0.939 bits per heavy atom. The van der Waals surface area contributed by atoms with Crippen molar-refractivity contribution in [3.63, 3.8) is 0 Å². The molecule has 6 aromatic rings. The highest BCUT2D eigenvalue weighted by molar-refractivity contribution is 9.10. The highest BCUT2D eigenvalue weighted by atomic mass is 79.9. The number of nitrogens with zero attached hydrogens (tertiary/aromatic N) is 8. The first kappa shape index (κ1) is 51.0. The third-order valence-corrected chi connectivity index (χ3v) is 7.80. The smallest absolute Gasteiger partial charge is 0.102 e. The quantitative estimate of drug-likeness (QED) is 0.181. The number of hydrogen-bond acceptors (Lipinski definition) is 6. The van der Waals surface area contributed by atoms with E-state index in [0.29, 0.717) is 0 Å². The van der Waals surface area contributed by atoms with Crippen molar-refractivity contribution in [3.05, 3.63) is 94.4 Å². The van der Waals surface area contributed by atoms with Crippen LogP contribution in [-0.4, -0.2) is 97.0 Å². The van der Waals surface area contributed by atoms with Gasteiger partial charge in [0.2, 0.25) is 0 Å². The lowest BCUT2D eigenvalue weighted by Crippen LogP contribution is -2.18. The minimum atomic E-state index is 0. The van der Waals surface area contributed by atoms with Gasteiger partial charge in [0.25, 0.3) is 0 Å². The van der Waals surface area contributed by atoms with E-state index in [-0.39, 0.29) is 66.1 Å². The topological polar surface area (TPSA) is 162 Å². The van der Waals surface area contributed by atoms with Gasteiger partial charge in [0.1, 0.15) is 11.4 Å². The molecule has 49 heavy (non-hydrogen) atoms. The summed E-state index contributed by atoms with van der Waals surface area (Å²) in [5.41, 5.74) is 6.43.